The minimum absolute atomic E-state index is 0.0843. The van der Waals surface area contributed by atoms with E-state index in [2.05, 4.69) is 63.4 Å². The van der Waals surface area contributed by atoms with Crippen LogP contribution in [-0.4, -0.2) is 24.0 Å². The predicted octanol–water partition coefficient (Wildman–Crippen LogP) is 5.42. The largest absolute Gasteiger partial charge is 0.462 e. The van der Waals surface area contributed by atoms with Crippen LogP contribution in [-0.2, 0) is 19.7 Å². The maximum atomic E-state index is 13.5. The van der Waals surface area contributed by atoms with E-state index in [4.69, 9.17) is 4.74 Å². The minimum Gasteiger partial charge on any atom is -0.462 e. The molecule has 0 aliphatic heterocycles. The molecule has 1 saturated carbocycles. The van der Waals surface area contributed by atoms with Crippen LogP contribution in [0.15, 0.2) is 42.0 Å². The van der Waals surface area contributed by atoms with Gasteiger partial charge < -0.3 is 10.1 Å². The summed E-state index contributed by atoms with van der Waals surface area (Å²) in [6, 6.07) is 10.3. The molecule has 0 radical (unpaired) electrons. The number of carbonyl (C=O) groups excluding carboxylic acids is 2. The summed E-state index contributed by atoms with van der Waals surface area (Å²) in [5.41, 5.74) is 2.25. The lowest BCUT2D eigenvalue weighted by atomic mass is 9.64. The molecule has 0 spiro atoms. The molecule has 4 heteroatoms. The van der Waals surface area contributed by atoms with Crippen LogP contribution in [0.1, 0.15) is 72.8 Å². The number of carbonyl (C=O) groups is 2. The first-order valence-corrected chi connectivity index (χ1v) is 11.8. The number of nitrogens with one attached hydrogen (secondary N) is 1. The van der Waals surface area contributed by atoms with E-state index in [1.54, 1.807) is 0 Å². The quantitative estimate of drug-likeness (QED) is 0.506. The molecule has 3 rings (SSSR count). The molecule has 31 heavy (non-hydrogen) atoms. The van der Waals surface area contributed by atoms with Crippen LogP contribution in [0.3, 0.4) is 0 Å². The van der Waals surface area contributed by atoms with Gasteiger partial charge in [-0.2, -0.15) is 0 Å². The SMILES string of the molecule is CC(=O)N[C@@H]1C(C)=C[C@H](C)C[C@@H]1C(=O)O[C@@H]1C[C@H](C)CC[C@H]1C(C)(C)c1ccccc1. The van der Waals surface area contributed by atoms with E-state index in [-0.39, 0.29) is 41.3 Å². The van der Waals surface area contributed by atoms with E-state index in [9.17, 15) is 9.59 Å². The van der Waals surface area contributed by atoms with E-state index in [1.165, 1.54) is 12.5 Å². The minimum atomic E-state index is -0.332. The predicted molar refractivity (Wildman–Crippen MR) is 124 cm³/mol. The Kier molecular flexibility index (Phi) is 7.28. The van der Waals surface area contributed by atoms with E-state index >= 15 is 0 Å². The highest BCUT2D eigenvalue weighted by Crippen LogP contribution is 2.44. The Morgan fingerprint density at radius 1 is 1.06 bits per heavy atom. The summed E-state index contributed by atoms with van der Waals surface area (Å²) in [4.78, 5) is 25.3. The Hall–Kier alpha value is -2.10. The van der Waals surface area contributed by atoms with Crippen LogP contribution < -0.4 is 5.32 Å². The average Bonchev–Trinajstić information content (AvgIpc) is 2.70. The smallest absolute Gasteiger partial charge is 0.311 e. The summed E-state index contributed by atoms with van der Waals surface area (Å²) in [5, 5.41) is 2.99. The molecule has 0 heterocycles. The van der Waals surface area contributed by atoms with Crippen molar-refractivity contribution in [2.45, 2.75) is 84.8 Å². The molecular weight excluding hydrogens is 386 g/mol. The first kappa shape index (κ1) is 23.6. The molecule has 1 N–H and O–H groups in total. The van der Waals surface area contributed by atoms with Crippen LogP contribution in [0.5, 0.6) is 0 Å². The number of hydrogen-bond acceptors (Lipinski definition) is 3. The fraction of sp³-hybridized carbons (Fsp3) is 0.630. The Morgan fingerprint density at radius 2 is 1.74 bits per heavy atom. The molecule has 0 bridgehead atoms. The summed E-state index contributed by atoms with van der Waals surface area (Å²) < 4.78 is 6.31. The lowest BCUT2D eigenvalue weighted by molar-refractivity contribution is -0.163. The molecule has 0 aromatic heterocycles. The highest BCUT2D eigenvalue weighted by atomic mass is 16.5. The molecule has 1 fully saturated rings. The fourth-order valence-corrected chi connectivity index (χ4v) is 5.74. The van der Waals surface area contributed by atoms with Gasteiger partial charge in [0, 0.05) is 12.8 Å². The normalized spacial score (nSPS) is 31.5. The van der Waals surface area contributed by atoms with Crippen molar-refractivity contribution in [3.63, 3.8) is 0 Å². The highest BCUT2D eigenvalue weighted by Gasteiger charge is 2.44. The van der Waals surface area contributed by atoms with Crippen molar-refractivity contribution in [2.24, 2.45) is 23.7 Å². The standard InChI is InChI=1S/C27H39NO3/c1-17-12-13-23(27(5,6)21-10-8-7-9-11-21)24(16-17)31-26(30)22-15-18(2)14-19(3)25(22)28-20(4)29/h7-11,14,17-18,22-25H,12-13,15-16H2,1-6H3,(H,28,29)/t17-,18+,22+,23-,24-,25-/m1/s1. The monoisotopic (exact) mass is 425 g/mol. The van der Waals surface area contributed by atoms with Crippen molar-refractivity contribution in [2.75, 3.05) is 0 Å². The average molecular weight is 426 g/mol. The number of rotatable bonds is 5. The maximum Gasteiger partial charge on any atom is 0.311 e. The van der Waals surface area contributed by atoms with E-state index in [0.29, 0.717) is 18.3 Å². The van der Waals surface area contributed by atoms with Gasteiger partial charge in [-0.15, -0.1) is 0 Å². The van der Waals surface area contributed by atoms with Crippen molar-refractivity contribution >= 4 is 11.9 Å². The second-order valence-electron chi connectivity index (χ2n) is 10.5. The van der Waals surface area contributed by atoms with Gasteiger partial charge >= 0.3 is 5.97 Å². The summed E-state index contributed by atoms with van der Waals surface area (Å²) >= 11 is 0. The highest BCUT2D eigenvalue weighted by molar-refractivity contribution is 5.78. The number of hydrogen-bond donors (Lipinski definition) is 1. The van der Waals surface area contributed by atoms with Crippen molar-refractivity contribution in [1.82, 2.24) is 5.32 Å². The molecule has 1 aromatic rings. The Bertz CT molecular complexity index is 813. The number of allylic oxidation sites excluding steroid dienone is 1. The molecule has 2 aliphatic rings. The molecule has 1 amide bonds. The van der Waals surface area contributed by atoms with Gasteiger partial charge in [0.15, 0.2) is 0 Å². The van der Waals surface area contributed by atoms with Gasteiger partial charge in [-0.05, 0) is 49.0 Å². The molecule has 1 aromatic carbocycles. The third-order valence-corrected chi connectivity index (χ3v) is 7.49. The summed E-state index contributed by atoms with van der Waals surface area (Å²) in [5.74, 6) is 0.502. The van der Waals surface area contributed by atoms with Gasteiger partial charge in [0.2, 0.25) is 5.91 Å². The van der Waals surface area contributed by atoms with Crippen LogP contribution in [0.2, 0.25) is 0 Å². The van der Waals surface area contributed by atoms with Gasteiger partial charge in [-0.1, -0.05) is 76.1 Å². The second kappa shape index (κ2) is 9.58. The molecule has 4 nitrogen and oxygen atoms in total. The van der Waals surface area contributed by atoms with Crippen LogP contribution in [0, 0.1) is 23.7 Å². The summed E-state index contributed by atoms with van der Waals surface area (Å²) in [7, 11) is 0. The third kappa shape index (κ3) is 5.39. The van der Waals surface area contributed by atoms with Gasteiger partial charge in [0.25, 0.3) is 0 Å². The topological polar surface area (TPSA) is 55.4 Å². The van der Waals surface area contributed by atoms with Crippen LogP contribution >= 0.6 is 0 Å². The molecule has 0 saturated heterocycles. The zero-order valence-corrected chi connectivity index (χ0v) is 20.0. The molecule has 2 aliphatic carbocycles. The maximum absolute atomic E-state index is 13.5. The lowest BCUT2D eigenvalue weighted by Crippen LogP contribution is -2.49. The summed E-state index contributed by atoms with van der Waals surface area (Å²) in [6.45, 7) is 12.4. The van der Waals surface area contributed by atoms with Crippen LogP contribution in [0.25, 0.3) is 0 Å². The Labute approximate surface area is 187 Å². The zero-order valence-electron chi connectivity index (χ0n) is 20.0. The molecule has 0 unspecified atom stereocenters. The number of amides is 1. The second-order valence-corrected chi connectivity index (χ2v) is 10.5. The molecule has 170 valence electrons. The van der Waals surface area contributed by atoms with E-state index in [1.807, 2.05) is 13.0 Å². The zero-order chi connectivity index (χ0) is 22.8. The van der Waals surface area contributed by atoms with E-state index in [0.717, 1.165) is 24.8 Å². The van der Waals surface area contributed by atoms with E-state index < -0.39 is 0 Å². The van der Waals surface area contributed by atoms with Crippen molar-refractivity contribution in [3.8, 4) is 0 Å². The van der Waals surface area contributed by atoms with Gasteiger partial charge in [-0.25, -0.2) is 0 Å². The van der Waals surface area contributed by atoms with Gasteiger partial charge in [0.1, 0.15) is 6.10 Å². The van der Waals surface area contributed by atoms with Gasteiger partial charge in [-0.3, -0.25) is 9.59 Å². The van der Waals surface area contributed by atoms with Crippen molar-refractivity contribution in [3.05, 3.63) is 47.5 Å². The number of esters is 1. The first-order valence-electron chi connectivity index (χ1n) is 11.8. The molecule has 6 atom stereocenters. The van der Waals surface area contributed by atoms with Crippen LogP contribution in [0.4, 0.5) is 0 Å². The Morgan fingerprint density at radius 3 is 2.39 bits per heavy atom. The number of benzene rings is 1. The third-order valence-electron chi connectivity index (χ3n) is 7.49. The first-order chi connectivity index (χ1) is 14.6. The van der Waals surface area contributed by atoms with Gasteiger partial charge in [0.05, 0.1) is 12.0 Å². The van der Waals surface area contributed by atoms with Crippen molar-refractivity contribution < 1.29 is 14.3 Å². The lowest BCUT2D eigenvalue weighted by Gasteiger charge is -2.44. The number of ether oxygens (including phenoxy) is 1. The summed E-state index contributed by atoms with van der Waals surface area (Å²) in [6.07, 6.45) is 5.87. The van der Waals surface area contributed by atoms with Crippen molar-refractivity contribution in [1.29, 1.82) is 0 Å². The fourth-order valence-electron chi connectivity index (χ4n) is 5.74. The molecular formula is C27H39NO3. The Balaban J connectivity index is 1.82.